The molecule has 94 valence electrons. The SMILES string of the molecule is CC(C)(C)C1C(c2cc(N)n[nH]2)CN1C(=O)O. The van der Waals surface area contributed by atoms with E-state index < -0.39 is 6.09 Å². The fraction of sp³-hybridized carbons (Fsp3) is 0.636. The summed E-state index contributed by atoms with van der Waals surface area (Å²) in [7, 11) is 0. The van der Waals surface area contributed by atoms with Gasteiger partial charge in [0.2, 0.25) is 0 Å². The molecule has 1 aromatic rings. The van der Waals surface area contributed by atoms with Gasteiger partial charge in [0.15, 0.2) is 0 Å². The predicted molar refractivity (Wildman–Crippen MR) is 63.7 cm³/mol. The van der Waals surface area contributed by atoms with Crippen molar-refractivity contribution in [2.24, 2.45) is 5.41 Å². The molecule has 0 radical (unpaired) electrons. The summed E-state index contributed by atoms with van der Waals surface area (Å²) in [5, 5.41) is 15.9. The number of hydrogen-bond acceptors (Lipinski definition) is 3. The number of carbonyl (C=O) groups is 1. The quantitative estimate of drug-likeness (QED) is 0.690. The van der Waals surface area contributed by atoms with E-state index in [4.69, 9.17) is 10.8 Å². The Bertz CT molecular complexity index is 435. The summed E-state index contributed by atoms with van der Waals surface area (Å²) in [4.78, 5) is 12.6. The van der Waals surface area contributed by atoms with Crippen molar-refractivity contribution in [2.75, 3.05) is 12.3 Å². The number of carboxylic acid groups (broad SMARTS) is 1. The lowest BCUT2D eigenvalue weighted by Crippen LogP contribution is -2.62. The van der Waals surface area contributed by atoms with Gasteiger partial charge >= 0.3 is 6.09 Å². The standard InChI is InChI=1S/C11H18N4O2/c1-11(2,3)9-6(5-15(9)10(16)17)7-4-8(12)14-13-7/h4,6,9H,5H2,1-3H3,(H,16,17)(H3,12,13,14). The second-order valence-electron chi connectivity index (χ2n) is 5.60. The number of aromatic nitrogens is 2. The van der Waals surface area contributed by atoms with Crippen molar-refractivity contribution >= 4 is 11.9 Å². The molecule has 4 N–H and O–H groups in total. The van der Waals surface area contributed by atoms with Crippen molar-refractivity contribution in [3.05, 3.63) is 11.8 Å². The number of hydrogen-bond donors (Lipinski definition) is 3. The fourth-order valence-electron chi connectivity index (χ4n) is 2.58. The summed E-state index contributed by atoms with van der Waals surface area (Å²) in [6, 6.07) is 1.74. The third kappa shape index (κ3) is 1.94. The van der Waals surface area contributed by atoms with Crippen LogP contribution in [0, 0.1) is 5.41 Å². The average Bonchev–Trinajstić information content (AvgIpc) is 2.45. The number of amides is 1. The van der Waals surface area contributed by atoms with Crippen LogP contribution in [0.5, 0.6) is 0 Å². The summed E-state index contributed by atoms with van der Waals surface area (Å²) in [5.74, 6) is 0.595. The van der Waals surface area contributed by atoms with Crippen molar-refractivity contribution in [1.29, 1.82) is 0 Å². The largest absolute Gasteiger partial charge is 0.465 e. The first-order valence-corrected chi connectivity index (χ1v) is 5.61. The minimum Gasteiger partial charge on any atom is -0.465 e. The first-order chi connectivity index (χ1) is 7.80. The molecule has 1 aliphatic rings. The van der Waals surface area contributed by atoms with Crippen LogP contribution >= 0.6 is 0 Å². The van der Waals surface area contributed by atoms with Gasteiger partial charge in [-0.15, -0.1) is 0 Å². The van der Waals surface area contributed by atoms with Crippen LogP contribution in [0.25, 0.3) is 0 Å². The van der Waals surface area contributed by atoms with Crippen LogP contribution in [0.15, 0.2) is 6.07 Å². The number of nitrogens with one attached hydrogen (secondary N) is 1. The number of nitrogens with zero attached hydrogens (tertiary/aromatic N) is 2. The number of likely N-dealkylation sites (tertiary alicyclic amines) is 1. The van der Waals surface area contributed by atoms with E-state index in [2.05, 4.69) is 10.2 Å². The summed E-state index contributed by atoms with van der Waals surface area (Å²) in [6.07, 6.45) is -0.867. The molecule has 1 amide bonds. The molecule has 0 aromatic carbocycles. The number of nitrogen functional groups attached to an aromatic ring is 1. The van der Waals surface area contributed by atoms with Gasteiger partial charge < -0.3 is 15.7 Å². The maximum atomic E-state index is 11.1. The molecule has 6 heteroatoms. The molecule has 0 saturated carbocycles. The van der Waals surface area contributed by atoms with Crippen molar-refractivity contribution in [3.63, 3.8) is 0 Å². The van der Waals surface area contributed by atoms with Crippen molar-refractivity contribution in [3.8, 4) is 0 Å². The van der Waals surface area contributed by atoms with Crippen LogP contribution in [-0.2, 0) is 0 Å². The van der Waals surface area contributed by atoms with Crippen LogP contribution in [0.1, 0.15) is 32.4 Å². The predicted octanol–water partition coefficient (Wildman–Crippen LogP) is 1.48. The van der Waals surface area contributed by atoms with Gasteiger partial charge in [0.25, 0.3) is 0 Å². The molecule has 1 aromatic heterocycles. The number of H-pyrrole nitrogens is 1. The maximum absolute atomic E-state index is 11.1. The molecule has 2 unspecified atom stereocenters. The highest BCUT2D eigenvalue weighted by Gasteiger charge is 2.49. The smallest absolute Gasteiger partial charge is 0.407 e. The van der Waals surface area contributed by atoms with E-state index in [9.17, 15) is 4.79 Å². The normalized spacial score (nSPS) is 24.5. The summed E-state index contributed by atoms with van der Waals surface area (Å²) >= 11 is 0. The number of aromatic amines is 1. The van der Waals surface area contributed by atoms with Gasteiger partial charge in [-0.2, -0.15) is 5.10 Å². The molecule has 1 aliphatic heterocycles. The molecule has 17 heavy (non-hydrogen) atoms. The lowest BCUT2D eigenvalue weighted by molar-refractivity contribution is -0.00295. The molecular weight excluding hydrogens is 220 g/mol. The number of nitrogens with two attached hydrogens (primary N) is 1. The molecule has 0 bridgehead atoms. The van der Waals surface area contributed by atoms with E-state index in [1.54, 1.807) is 6.07 Å². The number of anilines is 1. The molecule has 0 aliphatic carbocycles. The zero-order chi connectivity index (χ0) is 12.8. The molecule has 2 rings (SSSR count). The second kappa shape index (κ2) is 3.65. The molecule has 2 heterocycles. The Kier molecular flexibility index (Phi) is 2.52. The van der Waals surface area contributed by atoms with Crippen molar-refractivity contribution < 1.29 is 9.90 Å². The lowest BCUT2D eigenvalue weighted by Gasteiger charge is -2.52. The summed E-state index contributed by atoms with van der Waals surface area (Å²) < 4.78 is 0. The van der Waals surface area contributed by atoms with E-state index in [1.807, 2.05) is 20.8 Å². The molecule has 1 fully saturated rings. The summed E-state index contributed by atoms with van der Waals surface area (Å²) in [6.45, 7) is 6.62. The Hall–Kier alpha value is -1.72. The first kappa shape index (κ1) is 11.8. The van der Waals surface area contributed by atoms with E-state index in [1.165, 1.54) is 4.90 Å². The van der Waals surface area contributed by atoms with Gasteiger partial charge in [0.1, 0.15) is 5.82 Å². The average molecular weight is 238 g/mol. The highest BCUT2D eigenvalue weighted by atomic mass is 16.4. The van der Waals surface area contributed by atoms with Crippen LogP contribution in [0.4, 0.5) is 10.6 Å². The molecular formula is C11H18N4O2. The van der Waals surface area contributed by atoms with Gasteiger partial charge in [-0.25, -0.2) is 4.79 Å². The maximum Gasteiger partial charge on any atom is 0.407 e. The van der Waals surface area contributed by atoms with Gasteiger partial charge in [-0.05, 0) is 5.41 Å². The molecule has 6 nitrogen and oxygen atoms in total. The van der Waals surface area contributed by atoms with Crippen molar-refractivity contribution in [2.45, 2.75) is 32.7 Å². The van der Waals surface area contributed by atoms with Crippen LogP contribution < -0.4 is 5.73 Å². The Morgan fingerprint density at radius 3 is 2.71 bits per heavy atom. The van der Waals surface area contributed by atoms with Crippen LogP contribution in [-0.4, -0.2) is 38.9 Å². The zero-order valence-corrected chi connectivity index (χ0v) is 10.3. The Balaban J connectivity index is 2.24. The fourth-order valence-corrected chi connectivity index (χ4v) is 2.58. The Labute approximate surface area is 99.8 Å². The monoisotopic (exact) mass is 238 g/mol. The Morgan fingerprint density at radius 2 is 2.29 bits per heavy atom. The second-order valence-corrected chi connectivity index (χ2v) is 5.60. The third-order valence-corrected chi connectivity index (χ3v) is 3.26. The first-order valence-electron chi connectivity index (χ1n) is 5.61. The number of rotatable bonds is 1. The third-order valence-electron chi connectivity index (χ3n) is 3.26. The highest BCUT2D eigenvalue weighted by molar-refractivity contribution is 5.67. The van der Waals surface area contributed by atoms with E-state index in [0.29, 0.717) is 12.4 Å². The van der Waals surface area contributed by atoms with Gasteiger partial charge in [0, 0.05) is 30.3 Å². The van der Waals surface area contributed by atoms with Gasteiger partial charge in [-0.3, -0.25) is 5.10 Å². The Morgan fingerprint density at radius 1 is 1.65 bits per heavy atom. The van der Waals surface area contributed by atoms with E-state index in [-0.39, 0.29) is 17.4 Å². The molecule has 2 atom stereocenters. The van der Waals surface area contributed by atoms with Crippen molar-refractivity contribution in [1.82, 2.24) is 15.1 Å². The van der Waals surface area contributed by atoms with Gasteiger partial charge in [0.05, 0.1) is 0 Å². The minimum atomic E-state index is -0.867. The lowest BCUT2D eigenvalue weighted by atomic mass is 9.71. The van der Waals surface area contributed by atoms with E-state index in [0.717, 1.165) is 5.69 Å². The van der Waals surface area contributed by atoms with Crippen LogP contribution in [0.3, 0.4) is 0 Å². The highest BCUT2D eigenvalue weighted by Crippen LogP contribution is 2.43. The zero-order valence-electron chi connectivity index (χ0n) is 10.3. The molecule has 1 saturated heterocycles. The van der Waals surface area contributed by atoms with Gasteiger partial charge in [-0.1, -0.05) is 20.8 Å². The van der Waals surface area contributed by atoms with Crippen LogP contribution in [0.2, 0.25) is 0 Å². The summed E-state index contributed by atoms with van der Waals surface area (Å²) in [5.41, 5.74) is 6.38. The minimum absolute atomic E-state index is 0.0418. The van der Waals surface area contributed by atoms with E-state index >= 15 is 0 Å². The topological polar surface area (TPSA) is 95.2 Å². The molecule has 0 spiro atoms.